The molecule has 1 aromatic carbocycles. The van der Waals surface area contributed by atoms with Gasteiger partial charge in [-0.1, -0.05) is 24.3 Å². The Morgan fingerprint density at radius 3 is 2.03 bits per heavy atom. The summed E-state index contributed by atoms with van der Waals surface area (Å²) in [6, 6.07) is 14.0. The molecule has 0 radical (unpaired) electrons. The number of hydrogen-bond acceptors (Lipinski definition) is 7. The van der Waals surface area contributed by atoms with Gasteiger partial charge in [0.15, 0.2) is 0 Å². The molecule has 0 spiro atoms. The van der Waals surface area contributed by atoms with E-state index in [0.717, 1.165) is 5.69 Å². The molecule has 12 heteroatoms. The van der Waals surface area contributed by atoms with E-state index < -0.39 is 22.0 Å². The Balaban J connectivity index is 0.000000534. The van der Waals surface area contributed by atoms with Crippen LogP contribution in [0.25, 0.3) is 0 Å². The molecule has 0 saturated carbocycles. The van der Waals surface area contributed by atoms with Crippen LogP contribution in [0, 0.1) is 0 Å². The van der Waals surface area contributed by atoms with E-state index >= 15 is 0 Å². The third-order valence-electron chi connectivity index (χ3n) is 4.46. The maximum atomic E-state index is 12.6. The van der Waals surface area contributed by atoms with Gasteiger partial charge in [-0.3, -0.25) is 9.78 Å². The lowest BCUT2D eigenvalue weighted by Gasteiger charge is -2.34. The van der Waals surface area contributed by atoms with Gasteiger partial charge in [-0.2, -0.15) is 4.31 Å². The first kappa shape index (κ1) is 24.9. The number of nitrogens with zero attached hydrogens (tertiary/aromatic N) is 3. The summed E-state index contributed by atoms with van der Waals surface area (Å²) in [6.45, 7) is 2.15. The second-order valence-electron chi connectivity index (χ2n) is 6.63. The molecule has 1 aliphatic rings. The van der Waals surface area contributed by atoms with Gasteiger partial charge in [0.25, 0.3) is 0 Å². The fourth-order valence-corrected chi connectivity index (χ4v) is 4.27. The highest BCUT2D eigenvalue weighted by Crippen LogP contribution is 2.17. The van der Waals surface area contributed by atoms with Gasteiger partial charge in [0.05, 0.1) is 17.1 Å². The highest BCUT2D eigenvalue weighted by molar-refractivity contribution is 7.89. The van der Waals surface area contributed by atoms with E-state index in [2.05, 4.69) is 10.3 Å². The Morgan fingerprint density at radius 1 is 0.906 bits per heavy atom. The SMILES string of the molecule is O=C(CNCc1ccccn1)N1CCN(S(=O)(=O)c2ccccc2)CC1.O=C(O)C(=O)O. The summed E-state index contributed by atoms with van der Waals surface area (Å²) < 4.78 is 26.6. The largest absolute Gasteiger partial charge is 0.473 e. The Hall–Kier alpha value is -3.35. The van der Waals surface area contributed by atoms with Crippen molar-refractivity contribution in [2.24, 2.45) is 0 Å². The number of sulfonamides is 1. The Kier molecular flexibility index (Phi) is 9.25. The smallest absolute Gasteiger partial charge is 0.414 e. The van der Waals surface area contributed by atoms with E-state index in [9.17, 15) is 13.2 Å². The second-order valence-corrected chi connectivity index (χ2v) is 8.57. The highest BCUT2D eigenvalue weighted by Gasteiger charge is 2.29. The summed E-state index contributed by atoms with van der Waals surface area (Å²) in [5, 5.41) is 17.9. The molecular weight excluding hydrogens is 440 g/mol. The molecule has 3 rings (SSSR count). The second kappa shape index (κ2) is 11.9. The quantitative estimate of drug-likeness (QED) is 0.495. The lowest BCUT2D eigenvalue weighted by Crippen LogP contribution is -2.52. The molecule has 32 heavy (non-hydrogen) atoms. The number of carbonyl (C=O) groups is 3. The minimum atomic E-state index is -3.49. The lowest BCUT2D eigenvalue weighted by molar-refractivity contribution is -0.159. The Bertz CT molecular complexity index is 997. The number of carboxylic acid groups (broad SMARTS) is 2. The summed E-state index contributed by atoms with van der Waals surface area (Å²) in [5.74, 6) is -3.68. The third-order valence-corrected chi connectivity index (χ3v) is 6.38. The van der Waals surface area contributed by atoms with E-state index in [0.29, 0.717) is 32.7 Å². The lowest BCUT2D eigenvalue weighted by atomic mass is 10.3. The molecule has 11 nitrogen and oxygen atoms in total. The molecule has 1 aliphatic heterocycles. The molecule has 0 unspecified atom stereocenters. The molecule has 0 atom stereocenters. The maximum absolute atomic E-state index is 12.6. The molecular formula is C20H24N4O7S. The van der Waals surface area contributed by atoms with Crippen LogP contribution in [0.15, 0.2) is 59.6 Å². The third kappa shape index (κ3) is 7.41. The molecule has 0 aliphatic carbocycles. The number of carboxylic acids is 2. The minimum Gasteiger partial charge on any atom is -0.473 e. The standard InChI is InChI=1S/C18H22N4O3S.C2H2O4/c23-18(15-19-14-16-6-4-5-9-20-16)21-10-12-22(13-11-21)26(24,25)17-7-2-1-3-8-17;3-1(4)2(5)6/h1-9,19H,10-15H2;(H,3,4)(H,5,6). The van der Waals surface area contributed by atoms with Crippen LogP contribution < -0.4 is 5.32 Å². The number of hydrogen-bond donors (Lipinski definition) is 3. The topological polar surface area (TPSA) is 157 Å². The van der Waals surface area contributed by atoms with Crippen molar-refractivity contribution >= 4 is 27.9 Å². The van der Waals surface area contributed by atoms with Crippen LogP contribution in [0.5, 0.6) is 0 Å². The number of piperazine rings is 1. The van der Waals surface area contributed by atoms with Crippen LogP contribution in [0.4, 0.5) is 0 Å². The van der Waals surface area contributed by atoms with Gasteiger partial charge in [-0.25, -0.2) is 18.0 Å². The fourth-order valence-electron chi connectivity index (χ4n) is 2.83. The molecule has 1 saturated heterocycles. The van der Waals surface area contributed by atoms with E-state index in [4.69, 9.17) is 19.8 Å². The van der Waals surface area contributed by atoms with Crippen LogP contribution in [-0.4, -0.2) is 83.4 Å². The van der Waals surface area contributed by atoms with E-state index in [-0.39, 0.29) is 17.3 Å². The molecule has 172 valence electrons. The van der Waals surface area contributed by atoms with Gasteiger partial charge in [-0.15, -0.1) is 0 Å². The molecule has 2 aromatic rings. The average Bonchev–Trinajstić information content (AvgIpc) is 2.80. The number of benzene rings is 1. The zero-order valence-corrected chi connectivity index (χ0v) is 17.9. The van der Waals surface area contributed by atoms with Crippen LogP contribution >= 0.6 is 0 Å². The highest BCUT2D eigenvalue weighted by atomic mass is 32.2. The monoisotopic (exact) mass is 464 g/mol. The van der Waals surface area contributed by atoms with Gasteiger partial charge in [-0.05, 0) is 24.3 Å². The van der Waals surface area contributed by atoms with Gasteiger partial charge in [0.2, 0.25) is 15.9 Å². The van der Waals surface area contributed by atoms with Gasteiger partial charge < -0.3 is 20.4 Å². The normalized spacial score (nSPS) is 14.2. The molecule has 1 amide bonds. The number of rotatable bonds is 6. The van der Waals surface area contributed by atoms with Crippen LogP contribution in [0.3, 0.4) is 0 Å². The molecule has 1 fully saturated rings. The predicted molar refractivity (Wildman–Crippen MR) is 113 cm³/mol. The fraction of sp³-hybridized carbons (Fsp3) is 0.300. The van der Waals surface area contributed by atoms with Crippen LogP contribution in [0.1, 0.15) is 5.69 Å². The first-order chi connectivity index (χ1) is 15.2. The summed E-state index contributed by atoms with van der Waals surface area (Å²) in [6.07, 6.45) is 1.71. The van der Waals surface area contributed by atoms with Crippen molar-refractivity contribution in [3.8, 4) is 0 Å². The average molecular weight is 465 g/mol. The number of nitrogens with one attached hydrogen (secondary N) is 1. The van der Waals surface area contributed by atoms with E-state index in [1.165, 1.54) is 4.31 Å². The van der Waals surface area contributed by atoms with Crippen molar-refractivity contribution in [2.75, 3.05) is 32.7 Å². The summed E-state index contributed by atoms with van der Waals surface area (Å²) >= 11 is 0. The summed E-state index contributed by atoms with van der Waals surface area (Å²) in [7, 11) is -3.49. The van der Waals surface area contributed by atoms with Crippen LogP contribution in [0.2, 0.25) is 0 Å². The Morgan fingerprint density at radius 2 is 1.50 bits per heavy atom. The summed E-state index contributed by atoms with van der Waals surface area (Å²) in [5.41, 5.74) is 0.874. The molecule has 3 N–H and O–H groups in total. The number of aliphatic carboxylic acids is 2. The van der Waals surface area contributed by atoms with Crippen molar-refractivity contribution in [2.45, 2.75) is 11.4 Å². The van der Waals surface area contributed by atoms with Gasteiger partial charge in [0, 0.05) is 38.9 Å². The molecule has 2 heterocycles. The molecule has 0 bridgehead atoms. The van der Waals surface area contributed by atoms with Crippen molar-refractivity contribution in [3.05, 3.63) is 60.4 Å². The molecule has 1 aromatic heterocycles. The first-order valence-electron chi connectivity index (χ1n) is 9.61. The number of amides is 1. The van der Waals surface area contributed by atoms with Gasteiger partial charge in [0.1, 0.15) is 0 Å². The van der Waals surface area contributed by atoms with Gasteiger partial charge >= 0.3 is 11.9 Å². The van der Waals surface area contributed by atoms with E-state index in [1.54, 1.807) is 41.4 Å². The van der Waals surface area contributed by atoms with Crippen molar-refractivity contribution < 1.29 is 33.0 Å². The zero-order chi connectivity index (χ0) is 23.6. The predicted octanol–water partition coefficient (Wildman–Crippen LogP) is -0.140. The number of carbonyl (C=O) groups excluding carboxylic acids is 1. The Labute approximate surface area is 185 Å². The summed E-state index contributed by atoms with van der Waals surface area (Å²) in [4.78, 5) is 36.7. The first-order valence-corrected chi connectivity index (χ1v) is 11.1. The minimum absolute atomic E-state index is 0.0299. The van der Waals surface area contributed by atoms with Crippen molar-refractivity contribution in [1.29, 1.82) is 0 Å². The van der Waals surface area contributed by atoms with Crippen LogP contribution in [-0.2, 0) is 31.0 Å². The maximum Gasteiger partial charge on any atom is 0.414 e. The zero-order valence-electron chi connectivity index (χ0n) is 17.1. The number of pyridine rings is 1. The number of aromatic nitrogens is 1. The van der Waals surface area contributed by atoms with E-state index in [1.807, 2.05) is 18.2 Å². The van der Waals surface area contributed by atoms with Crippen molar-refractivity contribution in [1.82, 2.24) is 19.5 Å². The van der Waals surface area contributed by atoms with Crippen molar-refractivity contribution in [3.63, 3.8) is 0 Å².